The molecular weight excluding hydrogens is 351 g/mol. The van der Waals surface area contributed by atoms with E-state index in [1.165, 1.54) is 22.7 Å². The molecule has 0 fully saturated rings. The molecule has 0 saturated carbocycles. The summed E-state index contributed by atoms with van der Waals surface area (Å²) in [6, 6.07) is 12.5. The molecule has 0 spiro atoms. The molecule has 0 aromatic heterocycles. The Morgan fingerprint density at radius 2 is 1.92 bits per heavy atom. The van der Waals surface area contributed by atoms with Crippen molar-refractivity contribution in [3.8, 4) is 0 Å². The fraction of sp³-hybridized carbons (Fsp3) is 0.300. The number of aryl methyl sites for hydroxylation is 2. The van der Waals surface area contributed by atoms with Crippen LogP contribution in [0.5, 0.6) is 0 Å². The molecule has 3 rings (SSSR count). The minimum absolute atomic E-state index is 0.148. The van der Waals surface area contributed by atoms with Crippen LogP contribution in [-0.2, 0) is 16.0 Å². The molecule has 4 nitrogen and oxygen atoms in total. The van der Waals surface area contributed by atoms with E-state index in [0.717, 1.165) is 29.7 Å². The first kappa shape index (κ1) is 18.5. The average molecular weight is 372 g/mol. The number of amides is 2. The summed E-state index contributed by atoms with van der Waals surface area (Å²) in [5, 5.41) is 2.80. The van der Waals surface area contributed by atoms with E-state index in [4.69, 9.17) is 0 Å². The molecule has 2 aromatic rings. The van der Waals surface area contributed by atoms with Crippen molar-refractivity contribution in [1.82, 2.24) is 0 Å². The standard InChI is InChI=1S/C20H21FN2O2S/c1-14-7-9-16(10-8-14)22-18(24)12-26-13-19(25)23-11-3-5-15-4-2-6-17(21)20(15)23/h2,4,6-10H,3,5,11-13H2,1H3,(H,22,24). The third-order valence-corrected chi connectivity index (χ3v) is 5.18. The molecule has 2 aromatic carbocycles. The monoisotopic (exact) mass is 372 g/mol. The topological polar surface area (TPSA) is 49.4 Å². The summed E-state index contributed by atoms with van der Waals surface area (Å²) in [5.41, 5.74) is 3.12. The Hall–Kier alpha value is -2.34. The van der Waals surface area contributed by atoms with E-state index in [0.29, 0.717) is 12.2 Å². The third kappa shape index (κ3) is 4.43. The second kappa shape index (κ2) is 8.36. The summed E-state index contributed by atoms with van der Waals surface area (Å²) < 4.78 is 14.1. The summed E-state index contributed by atoms with van der Waals surface area (Å²) >= 11 is 1.24. The second-order valence-corrected chi connectivity index (χ2v) is 7.29. The Morgan fingerprint density at radius 3 is 2.69 bits per heavy atom. The molecule has 26 heavy (non-hydrogen) atoms. The van der Waals surface area contributed by atoms with Crippen LogP contribution in [0.25, 0.3) is 0 Å². The average Bonchev–Trinajstić information content (AvgIpc) is 2.63. The van der Waals surface area contributed by atoms with Crippen molar-refractivity contribution < 1.29 is 14.0 Å². The summed E-state index contributed by atoms with van der Waals surface area (Å²) in [7, 11) is 0. The van der Waals surface area contributed by atoms with E-state index < -0.39 is 0 Å². The van der Waals surface area contributed by atoms with Gasteiger partial charge < -0.3 is 10.2 Å². The summed E-state index contributed by atoms with van der Waals surface area (Å²) in [4.78, 5) is 26.0. The van der Waals surface area contributed by atoms with Gasteiger partial charge in [0.2, 0.25) is 11.8 Å². The highest BCUT2D eigenvalue weighted by atomic mass is 32.2. The third-order valence-electron chi connectivity index (χ3n) is 4.26. The van der Waals surface area contributed by atoms with Crippen LogP contribution >= 0.6 is 11.8 Å². The van der Waals surface area contributed by atoms with Crippen LogP contribution in [-0.4, -0.2) is 29.9 Å². The van der Waals surface area contributed by atoms with Gasteiger partial charge in [0.1, 0.15) is 5.82 Å². The van der Waals surface area contributed by atoms with Crippen LogP contribution in [0.3, 0.4) is 0 Å². The zero-order valence-electron chi connectivity index (χ0n) is 14.6. The lowest BCUT2D eigenvalue weighted by Gasteiger charge is -2.29. The van der Waals surface area contributed by atoms with E-state index in [-0.39, 0.29) is 29.1 Å². The van der Waals surface area contributed by atoms with Gasteiger partial charge in [0.25, 0.3) is 0 Å². The number of anilines is 2. The number of hydrogen-bond donors (Lipinski definition) is 1. The molecule has 0 atom stereocenters. The number of halogens is 1. The number of benzene rings is 2. The number of nitrogens with zero attached hydrogens (tertiary/aromatic N) is 1. The number of rotatable bonds is 5. The van der Waals surface area contributed by atoms with Crippen molar-refractivity contribution in [2.24, 2.45) is 0 Å². The van der Waals surface area contributed by atoms with Gasteiger partial charge in [0, 0.05) is 12.2 Å². The summed E-state index contributed by atoms with van der Waals surface area (Å²) in [6.07, 6.45) is 1.60. The fourth-order valence-electron chi connectivity index (χ4n) is 3.00. The van der Waals surface area contributed by atoms with Gasteiger partial charge in [-0.15, -0.1) is 11.8 Å². The Kier molecular flexibility index (Phi) is 5.93. The van der Waals surface area contributed by atoms with E-state index in [9.17, 15) is 14.0 Å². The molecule has 0 aliphatic carbocycles. The number of carbonyl (C=O) groups is 2. The van der Waals surface area contributed by atoms with Gasteiger partial charge >= 0.3 is 0 Å². The molecule has 0 saturated heterocycles. The Labute approximate surface area is 156 Å². The predicted molar refractivity (Wildman–Crippen MR) is 104 cm³/mol. The van der Waals surface area contributed by atoms with Crippen LogP contribution in [0, 0.1) is 12.7 Å². The molecular formula is C20H21FN2O2S. The highest BCUT2D eigenvalue weighted by molar-refractivity contribution is 8.00. The molecule has 2 amide bonds. The Balaban J connectivity index is 1.52. The minimum atomic E-state index is -0.363. The number of para-hydroxylation sites is 1. The molecule has 0 bridgehead atoms. The zero-order valence-corrected chi connectivity index (χ0v) is 15.4. The highest BCUT2D eigenvalue weighted by Crippen LogP contribution is 2.30. The first-order chi connectivity index (χ1) is 12.5. The summed E-state index contributed by atoms with van der Waals surface area (Å²) in [5.74, 6) is -0.356. The minimum Gasteiger partial charge on any atom is -0.325 e. The van der Waals surface area contributed by atoms with Gasteiger partial charge in [-0.2, -0.15) is 0 Å². The Morgan fingerprint density at radius 1 is 1.15 bits per heavy atom. The van der Waals surface area contributed by atoms with Crippen molar-refractivity contribution in [1.29, 1.82) is 0 Å². The van der Waals surface area contributed by atoms with Crippen molar-refractivity contribution in [2.75, 3.05) is 28.3 Å². The lowest BCUT2D eigenvalue weighted by Crippen LogP contribution is -2.37. The van der Waals surface area contributed by atoms with Crippen molar-refractivity contribution in [2.45, 2.75) is 19.8 Å². The number of nitrogens with one attached hydrogen (secondary N) is 1. The molecule has 1 N–H and O–H groups in total. The van der Waals surface area contributed by atoms with Crippen LogP contribution in [0.1, 0.15) is 17.5 Å². The molecule has 0 radical (unpaired) electrons. The predicted octanol–water partition coefficient (Wildman–Crippen LogP) is 3.79. The Bertz CT molecular complexity index is 808. The first-order valence-electron chi connectivity index (χ1n) is 8.56. The molecule has 1 aliphatic heterocycles. The van der Waals surface area contributed by atoms with Crippen LogP contribution in [0.2, 0.25) is 0 Å². The smallest absolute Gasteiger partial charge is 0.237 e. The van der Waals surface area contributed by atoms with Gasteiger partial charge in [0.15, 0.2) is 0 Å². The normalized spacial score (nSPS) is 13.2. The zero-order chi connectivity index (χ0) is 18.5. The fourth-order valence-corrected chi connectivity index (χ4v) is 3.69. The molecule has 1 heterocycles. The molecule has 6 heteroatoms. The maximum atomic E-state index is 14.1. The van der Waals surface area contributed by atoms with E-state index in [1.807, 2.05) is 37.3 Å². The van der Waals surface area contributed by atoms with E-state index in [2.05, 4.69) is 5.32 Å². The maximum absolute atomic E-state index is 14.1. The molecule has 0 unspecified atom stereocenters. The van der Waals surface area contributed by atoms with Crippen LogP contribution in [0.4, 0.5) is 15.8 Å². The molecule has 1 aliphatic rings. The van der Waals surface area contributed by atoms with Crippen LogP contribution in [0.15, 0.2) is 42.5 Å². The van der Waals surface area contributed by atoms with Crippen molar-refractivity contribution in [3.05, 3.63) is 59.4 Å². The number of thioether (sulfide) groups is 1. The van der Waals surface area contributed by atoms with Gasteiger partial charge in [0.05, 0.1) is 17.2 Å². The largest absolute Gasteiger partial charge is 0.325 e. The van der Waals surface area contributed by atoms with Crippen molar-refractivity contribution >= 4 is 35.0 Å². The quantitative estimate of drug-likeness (QED) is 0.869. The number of fused-ring (bicyclic) bond motifs is 1. The first-order valence-corrected chi connectivity index (χ1v) is 9.72. The highest BCUT2D eigenvalue weighted by Gasteiger charge is 2.25. The summed E-state index contributed by atoms with van der Waals surface area (Å²) in [6.45, 7) is 2.50. The van der Waals surface area contributed by atoms with Crippen molar-refractivity contribution in [3.63, 3.8) is 0 Å². The van der Waals surface area contributed by atoms with Gasteiger partial charge in [-0.05, 0) is 43.5 Å². The number of hydrogen-bond acceptors (Lipinski definition) is 3. The maximum Gasteiger partial charge on any atom is 0.237 e. The lowest BCUT2D eigenvalue weighted by molar-refractivity contribution is -0.116. The van der Waals surface area contributed by atoms with Gasteiger partial charge in [-0.1, -0.05) is 29.8 Å². The lowest BCUT2D eigenvalue weighted by atomic mass is 10.0. The number of carbonyl (C=O) groups excluding carboxylic acids is 2. The SMILES string of the molecule is Cc1ccc(NC(=O)CSCC(=O)N2CCCc3cccc(F)c32)cc1. The van der Waals surface area contributed by atoms with Gasteiger partial charge in [-0.25, -0.2) is 4.39 Å². The second-order valence-electron chi connectivity index (χ2n) is 6.30. The van der Waals surface area contributed by atoms with Gasteiger partial charge in [-0.3, -0.25) is 9.59 Å². The van der Waals surface area contributed by atoms with E-state index >= 15 is 0 Å². The molecule has 136 valence electrons. The van der Waals surface area contributed by atoms with Crippen LogP contribution < -0.4 is 10.2 Å². The van der Waals surface area contributed by atoms with E-state index in [1.54, 1.807) is 6.07 Å².